The summed E-state index contributed by atoms with van der Waals surface area (Å²) in [6, 6.07) is 0. The van der Waals surface area contributed by atoms with Crippen LogP contribution in [0.3, 0.4) is 0 Å². The van der Waals surface area contributed by atoms with Crippen LogP contribution in [0.15, 0.2) is 24.0 Å². The number of carbonyl (C=O) groups is 1. The van der Waals surface area contributed by atoms with Gasteiger partial charge in [0.2, 0.25) is 0 Å². The number of hydrogen-bond acceptors (Lipinski definition) is 2. The lowest BCUT2D eigenvalue weighted by atomic mass is 10.2. The lowest BCUT2D eigenvalue weighted by Crippen LogP contribution is -2.23. The maximum absolute atomic E-state index is 10.8. The van der Waals surface area contributed by atoms with Crippen LogP contribution in [0, 0.1) is 0 Å². The molecular weight excluding hydrogens is 178 g/mol. The molecule has 0 aromatic carbocycles. The molecule has 0 unspecified atom stereocenters. The molecule has 0 saturated heterocycles. The standard InChI is InChI=1S/C9H13NO2.C2H6/c1-10-9(11)7-12-8-5-3-2-4-6-8;1-2/h2-3,5H,4,6-7H2,1H3,(H,10,11);1-2H3. The summed E-state index contributed by atoms with van der Waals surface area (Å²) in [5, 5.41) is 2.50. The van der Waals surface area contributed by atoms with Crippen LogP contribution in [0.1, 0.15) is 26.7 Å². The highest BCUT2D eigenvalue weighted by Gasteiger charge is 2.02. The zero-order valence-corrected chi connectivity index (χ0v) is 9.17. The summed E-state index contributed by atoms with van der Waals surface area (Å²) < 4.78 is 5.23. The molecule has 0 spiro atoms. The number of carbonyl (C=O) groups excluding carboxylic acids is 1. The highest BCUT2D eigenvalue weighted by Crippen LogP contribution is 2.12. The van der Waals surface area contributed by atoms with Crippen molar-refractivity contribution < 1.29 is 9.53 Å². The van der Waals surface area contributed by atoms with Gasteiger partial charge in [-0.3, -0.25) is 4.79 Å². The monoisotopic (exact) mass is 197 g/mol. The van der Waals surface area contributed by atoms with Crippen molar-refractivity contribution in [3.8, 4) is 0 Å². The van der Waals surface area contributed by atoms with Crippen LogP contribution in [-0.2, 0) is 9.53 Å². The second-order valence-corrected chi connectivity index (χ2v) is 2.56. The van der Waals surface area contributed by atoms with Crippen LogP contribution in [0.5, 0.6) is 0 Å². The maximum Gasteiger partial charge on any atom is 0.257 e. The molecule has 0 aliphatic heterocycles. The van der Waals surface area contributed by atoms with Gasteiger partial charge in [-0.25, -0.2) is 0 Å². The van der Waals surface area contributed by atoms with Crippen molar-refractivity contribution in [2.24, 2.45) is 0 Å². The van der Waals surface area contributed by atoms with Gasteiger partial charge in [0.1, 0.15) is 0 Å². The highest BCUT2D eigenvalue weighted by molar-refractivity contribution is 5.76. The Morgan fingerprint density at radius 1 is 1.57 bits per heavy atom. The molecule has 14 heavy (non-hydrogen) atoms. The Hall–Kier alpha value is -1.25. The predicted molar refractivity (Wildman–Crippen MR) is 57.8 cm³/mol. The first-order valence-electron chi connectivity index (χ1n) is 5.02. The molecule has 3 heteroatoms. The molecule has 0 aromatic rings. The van der Waals surface area contributed by atoms with Crippen molar-refractivity contribution in [2.45, 2.75) is 26.7 Å². The first-order valence-corrected chi connectivity index (χ1v) is 5.02. The molecule has 1 amide bonds. The molecule has 1 N–H and O–H groups in total. The SMILES string of the molecule is CC.CNC(=O)COC1=CC=CCC1. The number of allylic oxidation sites excluding steroid dienone is 4. The van der Waals surface area contributed by atoms with Crippen LogP contribution in [0.25, 0.3) is 0 Å². The van der Waals surface area contributed by atoms with Crippen molar-refractivity contribution in [1.29, 1.82) is 0 Å². The van der Waals surface area contributed by atoms with Gasteiger partial charge < -0.3 is 10.1 Å². The summed E-state index contributed by atoms with van der Waals surface area (Å²) >= 11 is 0. The van der Waals surface area contributed by atoms with Crippen LogP contribution in [0.4, 0.5) is 0 Å². The number of amides is 1. The normalized spacial score (nSPS) is 13.5. The predicted octanol–water partition coefficient (Wildman–Crippen LogP) is 2.01. The van der Waals surface area contributed by atoms with E-state index in [2.05, 4.69) is 11.4 Å². The van der Waals surface area contributed by atoms with E-state index in [0.29, 0.717) is 0 Å². The molecule has 0 bridgehead atoms. The number of likely N-dealkylation sites (N-methyl/N-ethyl adjacent to an activating group) is 1. The number of rotatable bonds is 3. The van der Waals surface area contributed by atoms with Gasteiger partial charge in [0.15, 0.2) is 6.61 Å². The quantitative estimate of drug-likeness (QED) is 0.751. The minimum Gasteiger partial charge on any atom is -0.488 e. The summed E-state index contributed by atoms with van der Waals surface area (Å²) in [5.41, 5.74) is 0. The maximum atomic E-state index is 10.8. The van der Waals surface area contributed by atoms with Gasteiger partial charge in [0.05, 0.1) is 5.76 Å². The molecule has 3 nitrogen and oxygen atoms in total. The summed E-state index contributed by atoms with van der Waals surface area (Å²) in [6.45, 7) is 4.12. The molecule has 0 fully saturated rings. The lowest BCUT2D eigenvalue weighted by Gasteiger charge is -2.10. The zero-order chi connectivity index (χ0) is 10.8. The summed E-state index contributed by atoms with van der Waals surface area (Å²) in [6.07, 6.45) is 7.81. The van der Waals surface area contributed by atoms with E-state index in [1.165, 1.54) is 0 Å². The third-order valence-electron chi connectivity index (χ3n) is 1.64. The van der Waals surface area contributed by atoms with Gasteiger partial charge in [-0.05, 0) is 12.5 Å². The van der Waals surface area contributed by atoms with Crippen molar-refractivity contribution in [1.82, 2.24) is 5.32 Å². The van der Waals surface area contributed by atoms with E-state index in [1.54, 1.807) is 7.05 Å². The smallest absolute Gasteiger partial charge is 0.257 e. The first-order chi connectivity index (χ1) is 6.83. The van der Waals surface area contributed by atoms with Crippen LogP contribution in [0.2, 0.25) is 0 Å². The minimum atomic E-state index is -0.0922. The Bertz CT molecular complexity index is 219. The van der Waals surface area contributed by atoms with E-state index < -0.39 is 0 Å². The van der Waals surface area contributed by atoms with Crippen molar-refractivity contribution in [3.63, 3.8) is 0 Å². The Morgan fingerprint density at radius 3 is 2.79 bits per heavy atom. The second-order valence-electron chi connectivity index (χ2n) is 2.56. The van der Waals surface area contributed by atoms with Crippen LogP contribution < -0.4 is 5.32 Å². The summed E-state index contributed by atoms with van der Waals surface area (Å²) in [5.74, 6) is 0.798. The van der Waals surface area contributed by atoms with Crippen molar-refractivity contribution in [3.05, 3.63) is 24.0 Å². The number of ether oxygens (including phenoxy) is 1. The molecule has 0 atom stereocenters. The lowest BCUT2D eigenvalue weighted by molar-refractivity contribution is -0.124. The van der Waals surface area contributed by atoms with E-state index >= 15 is 0 Å². The molecule has 0 radical (unpaired) electrons. The van der Waals surface area contributed by atoms with Crippen LogP contribution in [-0.4, -0.2) is 19.6 Å². The first kappa shape index (κ1) is 12.8. The largest absolute Gasteiger partial charge is 0.488 e. The highest BCUT2D eigenvalue weighted by atomic mass is 16.5. The van der Waals surface area contributed by atoms with E-state index in [-0.39, 0.29) is 12.5 Å². The average Bonchev–Trinajstić information content (AvgIpc) is 2.30. The molecule has 80 valence electrons. The van der Waals surface area contributed by atoms with Gasteiger partial charge in [0, 0.05) is 13.5 Å². The van der Waals surface area contributed by atoms with Gasteiger partial charge >= 0.3 is 0 Å². The summed E-state index contributed by atoms with van der Waals surface area (Å²) in [7, 11) is 1.60. The molecular formula is C11H19NO2. The van der Waals surface area contributed by atoms with Gasteiger partial charge in [-0.15, -0.1) is 0 Å². The van der Waals surface area contributed by atoms with E-state index in [0.717, 1.165) is 18.6 Å². The molecule has 0 saturated carbocycles. The van der Waals surface area contributed by atoms with E-state index in [1.807, 2.05) is 26.0 Å². The molecule has 1 aliphatic rings. The average molecular weight is 197 g/mol. The van der Waals surface area contributed by atoms with Crippen molar-refractivity contribution >= 4 is 5.91 Å². The van der Waals surface area contributed by atoms with E-state index in [9.17, 15) is 4.79 Å². The number of nitrogens with one attached hydrogen (secondary N) is 1. The molecule has 1 aliphatic carbocycles. The molecule has 0 aromatic heterocycles. The van der Waals surface area contributed by atoms with Gasteiger partial charge in [-0.1, -0.05) is 26.0 Å². The zero-order valence-electron chi connectivity index (χ0n) is 9.17. The topological polar surface area (TPSA) is 38.3 Å². The van der Waals surface area contributed by atoms with Crippen LogP contribution >= 0.6 is 0 Å². The Balaban J connectivity index is 0.000000791. The third-order valence-corrected chi connectivity index (χ3v) is 1.64. The fraction of sp³-hybridized carbons (Fsp3) is 0.545. The fourth-order valence-corrected chi connectivity index (χ4v) is 0.931. The fourth-order valence-electron chi connectivity index (χ4n) is 0.931. The summed E-state index contributed by atoms with van der Waals surface area (Å²) in [4.78, 5) is 10.8. The third kappa shape index (κ3) is 5.41. The minimum absolute atomic E-state index is 0.0922. The number of hydrogen-bond donors (Lipinski definition) is 1. The Labute approximate surface area is 85.8 Å². The Kier molecular flexibility index (Phi) is 7.61. The molecule has 1 rings (SSSR count). The van der Waals surface area contributed by atoms with Gasteiger partial charge in [-0.2, -0.15) is 0 Å². The van der Waals surface area contributed by atoms with Crippen molar-refractivity contribution in [2.75, 3.05) is 13.7 Å². The Morgan fingerprint density at radius 2 is 2.29 bits per heavy atom. The van der Waals surface area contributed by atoms with Gasteiger partial charge in [0.25, 0.3) is 5.91 Å². The second kappa shape index (κ2) is 8.35. The van der Waals surface area contributed by atoms with E-state index in [4.69, 9.17) is 4.74 Å². The molecule has 0 heterocycles.